The number of morpholine rings is 1. The fraction of sp³-hybridized carbons (Fsp3) is 0.625. The Hall–Kier alpha value is -1.24. The molecule has 1 aliphatic rings. The Labute approximate surface area is 135 Å². The summed E-state index contributed by atoms with van der Waals surface area (Å²) in [7, 11) is 0. The Balaban J connectivity index is 1.74. The fourth-order valence-corrected chi connectivity index (χ4v) is 3.65. The molecule has 0 bridgehead atoms. The molecule has 22 heavy (non-hydrogen) atoms. The number of rotatable bonds is 3. The van der Waals surface area contributed by atoms with Crippen molar-refractivity contribution >= 4 is 11.3 Å². The van der Waals surface area contributed by atoms with Crippen LogP contribution < -0.4 is 0 Å². The summed E-state index contributed by atoms with van der Waals surface area (Å²) in [6.45, 7) is 11.2. The Morgan fingerprint density at radius 2 is 2.18 bits per heavy atom. The quantitative estimate of drug-likeness (QED) is 0.872. The second kappa shape index (κ2) is 6.10. The van der Waals surface area contributed by atoms with Crippen LogP contribution in [0.1, 0.15) is 45.2 Å². The van der Waals surface area contributed by atoms with Crippen molar-refractivity contribution < 1.29 is 4.74 Å². The first kappa shape index (κ1) is 15.6. The van der Waals surface area contributed by atoms with Crippen molar-refractivity contribution in [3.05, 3.63) is 34.5 Å². The number of hydrogen-bond donors (Lipinski definition) is 0. The summed E-state index contributed by atoms with van der Waals surface area (Å²) in [5.41, 5.74) is 1.23. The van der Waals surface area contributed by atoms with E-state index in [-0.39, 0.29) is 17.7 Å². The van der Waals surface area contributed by atoms with E-state index in [2.05, 4.69) is 59.5 Å². The van der Waals surface area contributed by atoms with Gasteiger partial charge in [0.15, 0.2) is 0 Å². The van der Waals surface area contributed by atoms with Crippen LogP contribution in [0, 0.1) is 0 Å². The van der Waals surface area contributed by atoms with E-state index in [1.54, 1.807) is 17.7 Å². The van der Waals surface area contributed by atoms with Gasteiger partial charge in [-0.3, -0.25) is 4.90 Å². The predicted molar refractivity (Wildman–Crippen MR) is 87.9 cm³/mol. The summed E-state index contributed by atoms with van der Waals surface area (Å²) in [5.74, 6) is 1.02. The van der Waals surface area contributed by atoms with E-state index >= 15 is 0 Å². The van der Waals surface area contributed by atoms with Gasteiger partial charge in [-0.15, -0.1) is 0 Å². The smallest absolute Gasteiger partial charge is 0.141 e. The Morgan fingerprint density at radius 1 is 1.36 bits per heavy atom. The molecule has 0 spiro atoms. The number of hydrogen-bond acceptors (Lipinski definition) is 5. The second-order valence-electron chi connectivity index (χ2n) is 6.94. The molecule has 0 radical (unpaired) electrons. The summed E-state index contributed by atoms with van der Waals surface area (Å²) in [6, 6.07) is 2.16. The van der Waals surface area contributed by atoms with Crippen LogP contribution in [0.5, 0.6) is 0 Å². The lowest BCUT2D eigenvalue weighted by atomic mass is 10.1. The van der Waals surface area contributed by atoms with Crippen molar-refractivity contribution in [3.8, 4) is 0 Å². The van der Waals surface area contributed by atoms with Gasteiger partial charge in [0, 0.05) is 13.1 Å². The summed E-state index contributed by atoms with van der Waals surface area (Å²) < 4.78 is 8.12. The maximum Gasteiger partial charge on any atom is 0.141 e. The van der Waals surface area contributed by atoms with Gasteiger partial charge in [0.05, 0.1) is 24.3 Å². The Bertz CT molecular complexity index is 602. The highest BCUT2D eigenvalue weighted by molar-refractivity contribution is 7.07. The van der Waals surface area contributed by atoms with Gasteiger partial charge >= 0.3 is 0 Å². The molecule has 6 heteroatoms. The van der Waals surface area contributed by atoms with Crippen LogP contribution in [0.25, 0.3) is 0 Å². The fourth-order valence-electron chi connectivity index (χ4n) is 2.94. The molecule has 2 aromatic heterocycles. The molecule has 3 heterocycles. The lowest BCUT2D eigenvalue weighted by Crippen LogP contribution is -2.43. The highest BCUT2D eigenvalue weighted by Gasteiger charge is 2.28. The molecule has 0 aromatic carbocycles. The molecule has 5 nitrogen and oxygen atoms in total. The minimum Gasteiger partial charge on any atom is -0.368 e. The van der Waals surface area contributed by atoms with Gasteiger partial charge in [0.25, 0.3) is 0 Å². The first-order valence-corrected chi connectivity index (χ1v) is 8.67. The van der Waals surface area contributed by atoms with Gasteiger partial charge < -0.3 is 4.74 Å². The first-order valence-electron chi connectivity index (χ1n) is 7.73. The third-order valence-corrected chi connectivity index (χ3v) is 4.57. The summed E-state index contributed by atoms with van der Waals surface area (Å²) in [5, 5.41) is 8.68. The number of ether oxygens (including phenoxy) is 1. The summed E-state index contributed by atoms with van der Waals surface area (Å²) in [4.78, 5) is 6.88. The molecule has 1 fully saturated rings. The summed E-state index contributed by atoms with van der Waals surface area (Å²) in [6.07, 6.45) is 2.03. The third-order valence-electron chi connectivity index (χ3n) is 3.87. The lowest BCUT2D eigenvalue weighted by Gasteiger charge is -2.36. The normalized spacial score (nSPS) is 23.8. The maximum atomic E-state index is 6.10. The number of aromatic nitrogens is 3. The molecule has 1 aliphatic heterocycles. The van der Waals surface area contributed by atoms with Gasteiger partial charge in [-0.25, -0.2) is 9.67 Å². The van der Waals surface area contributed by atoms with Crippen molar-refractivity contribution in [3.63, 3.8) is 0 Å². The van der Waals surface area contributed by atoms with E-state index in [0.29, 0.717) is 0 Å². The molecule has 3 rings (SSSR count). The minimum atomic E-state index is -0.0451. The highest BCUT2D eigenvalue weighted by Crippen LogP contribution is 2.27. The van der Waals surface area contributed by atoms with Crippen LogP contribution in [0.2, 0.25) is 0 Å². The molecule has 1 saturated heterocycles. The third kappa shape index (κ3) is 3.39. The molecule has 2 aromatic rings. The Kier molecular flexibility index (Phi) is 4.34. The van der Waals surface area contributed by atoms with E-state index in [4.69, 9.17) is 4.74 Å². The molecular formula is C16H24N4OS. The minimum absolute atomic E-state index is 0.0451. The molecule has 0 saturated carbocycles. The molecule has 0 amide bonds. The zero-order valence-corrected chi connectivity index (χ0v) is 14.5. The molecule has 120 valence electrons. The van der Waals surface area contributed by atoms with Gasteiger partial charge in [-0.05, 0) is 50.1 Å². The average molecular weight is 320 g/mol. The highest BCUT2D eigenvalue weighted by atomic mass is 32.1. The first-order chi connectivity index (χ1) is 10.4. The predicted octanol–water partition coefficient (Wildman–Crippen LogP) is 3.06. The monoisotopic (exact) mass is 320 g/mol. The Morgan fingerprint density at radius 3 is 2.86 bits per heavy atom. The van der Waals surface area contributed by atoms with Crippen molar-refractivity contribution in [2.45, 2.75) is 52.0 Å². The van der Waals surface area contributed by atoms with Crippen molar-refractivity contribution in [1.82, 2.24) is 19.7 Å². The lowest BCUT2D eigenvalue weighted by molar-refractivity contribution is -0.0822. The van der Waals surface area contributed by atoms with Gasteiger partial charge in [-0.1, -0.05) is 0 Å². The molecule has 0 N–H and O–H groups in total. The average Bonchev–Trinajstić information content (AvgIpc) is 3.07. The molecule has 0 unspecified atom stereocenters. The van der Waals surface area contributed by atoms with E-state index in [1.165, 1.54) is 5.56 Å². The number of thiophene rings is 1. The summed E-state index contributed by atoms with van der Waals surface area (Å²) >= 11 is 1.72. The van der Waals surface area contributed by atoms with E-state index in [0.717, 1.165) is 25.5 Å². The standard InChI is InChI=1S/C16H24N4OS/c1-12-7-19(8-14(21-12)13-5-6-22-10-13)9-15-17-11-18-20(15)16(2,3)4/h5-6,10-12,14H,7-9H2,1-4H3/t12-,14-/m0/s1. The van der Waals surface area contributed by atoms with Crippen LogP contribution in [0.15, 0.2) is 23.2 Å². The topological polar surface area (TPSA) is 43.2 Å². The van der Waals surface area contributed by atoms with Crippen LogP contribution in [-0.4, -0.2) is 38.9 Å². The van der Waals surface area contributed by atoms with Crippen LogP contribution in [0.3, 0.4) is 0 Å². The van der Waals surface area contributed by atoms with Crippen LogP contribution >= 0.6 is 11.3 Å². The van der Waals surface area contributed by atoms with Gasteiger partial charge in [0.1, 0.15) is 12.2 Å². The van der Waals surface area contributed by atoms with Crippen LogP contribution in [0.4, 0.5) is 0 Å². The van der Waals surface area contributed by atoms with Crippen molar-refractivity contribution in [2.24, 2.45) is 0 Å². The largest absolute Gasteiger partial charge is 0.368 e. The molecule has 2 atom stereocenters. The zero-order chi connectivity index (χ0) is 15.7. The van der Waals surface area contributed by atoms with E-state index in [1.807, 2.05) is 4.68 Å². The van der Waals surface area contributed by atoms with Crippen LogP contribution in [-0.2, 0) is 16.8 Å². The van der Waals surface area contributed by atoms with Crippen molar-refractivity contribution in [2.75, 3.05) is 13.1 Å². The van der Waals surface area contributed by atoms with Gasteiger partial charge in [-0.2, -0.15) is 16.4 Å². The SMILES string of the molecule is C[C@H]1CN(Cc2ncnn2C(C)(C)C)C[C@@H](c2ccsc2)O1. The van der Waals surface area contributed by atoms with Gasteiger partial charge in [0.2, 0.25) is 0 Å². The second-order valence-corrected chi connectivity index (χ2v) is 7.73. The van der Waals surface area contributed by atoms with E-state index in [9.17, 15) is 0 Å². The maximum absolute atomic E-state index is 6.10. The van der Waals surface area contributed by atoms with Crippen molar-refractivity contribution in [1.29, 1.82) is 0 Å². The van der Waals surface area contributed by atoms with E-state index < -0.39 is 0 Å². The number of nitrogens with zero attached hydrogens (tertiary/aromatic N) is 4. The molecule has 0 aliphatic carbocycles. The molecular weight excluding hydrogens is 296 g/mol. The zero-order valence-electron chi connectivity index (χ0n) is 13.7.